The second-order valence-corrected chi connectivity index (χ2v) is 6.39. The molecule has 3 aromatic rings. The van der Waals surface area contributed by atoms with Crippen LogP contribution in [0.15, 0.2) is 48.5 Å². The fraction of sp³-hybridized carbons (Fsp3) is 0.250. The summed E-state index contributed by atoms with van der Waals surface area (Å²) in [4.78, 5) is 0. The normalized spacial score (nSPS) is 10.7. The van der Waals surface area contributed by atoms with Gasteiger partial charge in [0.1, 0.15) is 5.75 Å². The Balaban J connectivity index is 1.76. The Bertz CT molecular complexity index is 873. The molecule has 0 bridgehead atoms. The summed E-state index contributed by atoms with van der Waals surface area (Å²) in [6.07, 6.45) is 0. The molecule has 25 heavy (non-hydrogen) atoms. The average molecular weight is 356 g/mol. The summed E-state index contributed by atoms with van der Waals surface area (Å²) < 4.78 is 7.28. The molecule has 130 valence electrons. The molecule has 0 fully saturated rings. The van der Waals surface area contributed by atoms with Gasteiger partial charge >= 0.3 is 0 Å². The molecule has 0 aliphatic heterocycles. The molecule has 3 rings (SSSR count). The summed E-state index contributed by atoms with van der Waals surface area (Å²) >= 11 is 6.28. The fourth-order valence-corrected chi connectivity index (χ4v) is 3.05. The third-order valence-electron chi connectivity index (χ3n) is 4.35. The Hall–Kier alpha value is -2.46. The van der Waals surface area contributed by atoms with Crippen LogP contribution in [0.25, 0.3) is 0 Å². The number of nitrogens with zero attached hydrogens (tertiary/aromatic N) is 2. The number of aryl methyl sites for hydroxylation is 1. The maximum absolute atomic E-state index is 6.28. The molecule has 0 amide bonds. The Labute approximate surface area is 153 Å². The molecule has 1 heterocycles. The van der Waals surface area contributed by atoms with E-state index in [1.165, 1.54) is 5.56 Å². The number of benzene rings is 2. The largest absolute Gasteiger partial charge is 0.497 e. The number of hydrogen-bond acceptors (Lipinski definition) is 3. The monoisotopic (exact) mass is 355 g/mol. The lowest BCUT2D eigenvalue weighted by Crippen LogP contribution is -2.06. The minimum Gasteiger partial charge on any atom is -0.497 e. The van der Waals surface area contributed by atoms with Gasteiger partial charge in [0.15, 0.2) is 0 Å². The van der Waals surface area contributed by atoms with Crippen LogP contribution in [-0.2, 0) is 13.1 Å². The van der Waals surface area contributed by atoms with Gasteiger partial charge in [-0.2, -0.15) is 5.10 Å². The SMILES string of the molecule is COc1cccc(NCc2c(C)nn(Cc3ccccc3Cl)c2C)c1. The van der Waals surface area contributed by atoms with Gasteiger partial charge in [0, 0.05) is 34.6 Å². The van der Waals surface area contributed by atoms with E-state index >= 15 is 0 Å². The lowest BCUT2D eigenvalue weighted by molar-refractivity contribution is 0.415. The molecule has 0 aliphatic carbocycles. The summed E-state index contributed by atoms with van der Waals surface area (Å²) in [6, 6.07) is 15.8. The van der Waals surface area contributed by atoms with Crippen molar-refractivity contribution in [2.45, 2.75) is 26.9 Å². The zero-order valence-electron chi connectivity index (χ0n) is 14.7. The fourth-order valence-electron chi connectivity index (χ4n) is 2.86. The van der Waals surface area contributed by atoms with Crippen molar-refractivity contribution in [3.63, 3.8) is 0 Å². The average Bonchev–Trinajstić information content (AvgIpc) is 2.89. The van der Waals surface area contributed by atoms with Crippen molar-refractivity contribution in [2.75, 3.05) is 12.4 Å². The van der Waals surface area contributed by atoms with Crippen LogP contribution in [0.5, 0.6) is 5.75 Å². The molecular formula is C20H22ClN3O. The summed E-state index contributed by atoms with van der Waals surface area (Å²) in [5.41, 5.74) is 5.47. The van der Waals surface area contributed by atoms with Crippen molar-refractivity contribution in [1.29, 1.82) is 0 Å². The number of rotatable bonds is 6. The summed E-state index contributed by atoms with van der Waals surface area (Å²) in [6.45, 7) is 5.52. The van der Waals surface area contributed by atoms with Gasteiger partial charge < -0.3 is 10.1 Å². The molecule has 1 aromatic heterocycles. The van der Waals surface area contributed by atoms with Crippen LogP contribution in [0.3, 0.4) is 0 Å². The van der Waals surface area contributed by atoms with Gasteiger partial charge in [-0.15, -0.1) is 0 Å². The van der Waals surface area contributed by atoms with Crippen molar-refractivity contribution in [1.82, 2.24) is 9.78 Å². The van der Waals surface area contributed by atoms with E-state index in [-0.39, 0.29) is 0 Å². The van der Waals surface area contributed by atoms with Crippen LogP contribution in [0.2, 0.25) is 5.02 Å². The first kappa shape index (κ1) is 17.4. The molecule has 0 aliphatic rings. The zero-order valence-corrected chi connectivity index (χ0v) is 15.5. The number of methoxy groups -OCH3 is 1. The third kappa shape index (κ3) is 3.97. The highest BCUT2D eigenvalue weighted by Crippen LogP contribution is 2.21. The van der Waals surface area contributed by atoms with Crippen LogP contribution in [0.4, 0.5) is 5.69 Å². The van der Waals surface area contributed by atoms with E-state index in [1.54, 1.807) is 7.11 Å². The first-order valence-electron chi connectivity index (χ1n) is 8.22. The van der Waals surface area contributed by atoms with Crippen molar-refractivity contribution in [3.05, 3.63) is 76.1 Å². The molecule has 5 heteroatoms. The second kappa shape index (κ2) is 7.62. The predicted molar refractivity (Wildman–Crippen MR) is 103 cm³/mol. The molecular weight excluding hydrogens is 334 g/mol. The van der Waals surface area contributed by atoms with Crippen molar-refractivity contribution in [3.8, 4) is 5.75 Å². The number of anilines is 1. The number of nitrogens with one attached hydrogen (secondary N) is 1. The Morgan fingerprint density at radius 1 is 1.12 bits per heavy atom. The highest BCUT2D eigenvalue weighted by molar-refractivity contribution is 6.31. The predicted octanol–water partition coefficient (Wildman–Crippen LogP) is 4.82. The lowest BCUT2D eigenvalue weighted by atomic mass is 10.2. The van der Waals surface area contributed by atoms with Gasteiger partial charge in [-0.25, -0.2) is 0 Å². The standard InChI is InChI=1S/C20H22ClN3O/c1-14-19(12-22-17-8-6-9-18(11-17)25-3)15(2)24(23-14)13-16-7-4-5-10-20(16)21/h4-11,22H,12-13H2,1-3H3. The van der Waals surface area contributed by atoms with E-state index in [0.29, 0.717) is 13.1 Å². The highest BCUT2D eigenvalue weighted by atomic mass is 35.5. The van der Waals surface area contributed by atoms with Crippen LogP contribution in [0.1, 0.15) is 22.5 Å². The van der Waals surface area contributed by atoms with Crippen LogP contribution in [0, 0.1) is 13.8 Å². The molecule has 0 spiro atoms. The van der Waals surface area contributed by atoms with Crippen LogP contribution in [-0.4, -0.2) is 16.9 Å². The molecule has 0 saturated heterocycles. The minimum absolute atomic E-state index is 0.672. The van der Waals surface area contributed by atoms with Gasteiger partial charge in [-0.05, 0) is 37.6 Å². The van der Waals surface area contributed by atoms with E-state index < -0.39 is 0 Å². The zero-order chi connectivity index (χ0) is 17.8. The topological polar surface area (TPSA) is 39.1 Å². The van der Waals surface area contributed by atoms with E-state index in [9.17, 15) is 0 Å². The van der Waals surface area contributed by atoms with Gasteiger partial charge in [-0.3, -0.25) is 4.68 Å². The molecule has 0 radical (unpaired) electrons. The Morgan fingerprint density at radius 3 is 2.68 bits per heavy atom. The Morgan fingerprint density at radius 2 is 1.92 bits per heavy atom. The minimum atomic E-state index is 0.672. The highest BCUT2D eigenvalue weighted by Gasteiger charge is 2.12. The van der Waals surface area contributed by atoms with Gasteiger partial charge in [-0.1, -0.05) is 35.9 Å². The number of hydrogen-bond donors (Lipinski definition) is 1. The first-order valence-corrected chi connectivity index (χ1v) is 8.60. The second-order valence-electron chi connectivity index (χ2n) is 5.98. The number of ether oxygens (including phenoxy) is 1. The summed E-state index contributed by atoms with van der Waals surface area (Å²) in [5, 5.41) is 8.90. The van der Waals surface area contributed by atoms with Gasteiger partial charge in [0.2, 0.25) is 0 Å². The van der Waals surface area contributed by atoms with Crippen LogP contribution >= 0.6 is 11.6 Å². The maximum atomic E-state index is 6.28. The van der Waals surface area contributed by atoms with E-state index in [0.717, 1.165) is 33.4 Å². The van der Waals surface area contributed by atoms with Crippen molar-refractivity contribution < 1.29 is 4.74 Å². The van der Waals surface area contributed by atoms with Gasteiger partial charge in [0.05, 0.1) is 19.3 Å². The number of aromatic nitrogens is 2. The number of halogens is 1. The van der Waals surface area contributed by atoms with Crippen LogP contribution < -0.4 is 10.1 Å². The quantitative estimate of drug-likeness (QED) is 0.688. The molecule has 0 saturated carbocycles. The molecule has 0 unspecified atom stereocenters. The molecule has 4 nitrogen and oxygen atoms in total. The maximum Gasteiger partial charge on any atom is 0.120 e. The molecule has 0 atom stereocenters. The smallest absolute Gasteiger partial charge is 0.120 e. The van der Waals surface area contributed by atoms with Crippen molar-refractivity contribution in [2.24, 2.45) is 0 Å². The first-order chi connectivity index (χ1) is 12.1. The third-order valence-corrected chi connectivity index (χ3v) is 4.72. The Kier molecular flexibility index (Phi) is 5.29. The van der Waals surface area contributed by atoms with Crippen molar-refractivity contribution >= 4 is 17.3 Å². The van der Waals surface area contributed by atoms with E-state index in [1.807, 2.05) is 60.1 Å². The van der Waals surface area contributed by atoms with E-state index in [2.05, 4.69) is 17.3 Å². The summed E-state index contributed by atoms with van der Waals surface area (Å²) in [5.74, 6) is 0.841. The van der Waals surface area contributed by atoms with E-state index in [4.69, 9.17) is 16.3 Å². The lowest BCUT2D eigenvalue weighted by Gasteiger charge is -2.10. The summed E-state index contributed by atoms with van der Waals surface area (Å²) in [7, 11) is 1.67. The van der Waals surface area contributed by atoms with Gasteiger partial charge in [0.25, 0.3) is 0 Å². The molecule has 1 N–H and O–H groups in total. The molecule has 2 aromatic carbocycles.